The Morgan fingerprint density at radius 3 is 3.00 bits per heavy atom. The second-order valence-electron chi connectivity index (χ2n) is 5.84. The fourth-order valence-electron chi connectivity index (χ4n) is 2.72. The van der Waals surface area contributed by atoms with Crippen LogP contribution in [-0.2, 0) is 11.2 Å². The largest absolute Gasteiger partial charge is 0.374 e. The lowest BCUT2D eigenvalue weighted by atomic mass is 10.0. The van der Waals surface area contributed by atoms with Crippen molar-refractivity contribution >= 4 is 11.3 Å². The molecule has 114 valence electrons. The minimum Gasteiger partial charge on any atom is -0.374 e. The van der Waals surface area contributed by atoms with Gasteiger partial charge in [0.1, 0.15) is 0 Å². The average Bonchev–Trinajstić information content (AvgIpc) is 2.96. The molecule has 1 aromatic heterocycles. The van der Waals surface area contributed by atoms with Crippen molar-refractivity contribution in [1.82, 2.24) is 10.2 Å². The van der Waals surface area contributed by atoms with Crippen LogP contribution in [-0.4, -0.2) is 49.3 Å². The van der Waals surface area contributed by atoms with Crippen molar-refractivity contribution in [2.75, 3.05) is 26.2 Å². The summed E-state index contributed by atoms with van der Waals surface area (Å²) >= 11 is 1.85. The monoisotopic (exact) mass is 296 g/mol. The molecule has 2 rings (SSSR count). The van der Waals surface area contributed by atoms with Crippen LogP contribution in [0.25, 0.3) is 0 Å². The molecule has 0 saturated carbocycles. The summed E-state index contributed by atoms with van der Waals surface area (Å²) in [6.07, 6.45) is 2.55. The molecule has 1 aliphatic rings. The molecule has 0 radical (unpaired) electrons. The summed E-state index contributed by atoms with van der Waals surface area (Å²) in [7, 11) is 0. The van der Waals surface area contributed by atoms with Crippen molar-refractivity contribution in [3.8, 4) is 0 Å². The highest BCUT2D eigenvalue weighted by molar-refractivity contribution is 7.09. The van der Waals surface area contributed by atoms with E-state index in [9.17, 15) is 0 Å². The van der Waals surface area contributed by atoms with E-state index < -0.39 is 0 Å². The molecular weight excluding hydrogens is 268 g/mol. The SMILES string of the molecule is CCCNC(Cc1cccs1)C1CN(C(C)C)CCO1. The lowest BCUT2D eigenvalue weighted by Gasteiger charge is -2.39. The lowest BCUT2D eigenvalue weighted by Crippen LogP contribution is -2.54. The first-order valence-electron chi connectivity index (χ1n) is 7.82. The van der Waals surface area contributed by atoms with Gasteiger partial charge in [-0.2, -0.15) is 0 Å². The first-order chi connectivity index (χ1) is 9.70. The first kappa shape index (κ1) is 16.0. The molecule has 1 saturated heterocycles. The molecule has 1 N–H and O–H groups in total. The van der Waals surface area contributed by atoms with E-state index >= 15 is 0 Å². The third-order valence-corrected chi connectivity index (χ3v) is 4.86. The molecule has 0 bridgehead atoms. The number of rotatable bonds is 7. The molecule has 0 amide bonds. The van der Waals surface area contributed by atoms with Crippen LogP contribution in [0.2, 0.25) is 0 Å². The normalized spacial score (nSPS) is 22.3. The average molecular weight is 296 g/mol. The molecule has 0 spiro atoms. The summed E-state index contributed by atoms with van der Waals surface area (Å²) in [6, 6.07) is 5.40. The zero-order chi connectivity index (χ0) is 14.4. The third kappa shape index (κ3) is 4.55. The summed E-state index contributed by atoms with van der Waals surface area (Å²) in [5.41, 5.74) is 0. The smallest absolute Gasteiger partial charge is 0.0858 e. The second-order valence-corrected chi connectivity index (χ2v) is 6.87. The Morgan fingerprint density at radius 1 is 1.50 bits per heavy atom. The van der Waals surface area contributed by atoms with Crippen LogP contribution >= 0.6 is 11.3 Å². The fourth-order valence-corrected chi connectivity index (χ4v) is 3.48. The Kier molecular flexibility index (Phi) is 6.49. The van der Waals surface area contributed by atoms with E-state index in [1.165, 1.54) is 11.3 Å². The molecule has 2 heterocycles. The maximum absolute atomic E-state index is 6.07. The zero-order valence-corrected chi connectivity index (χ0v) is 13.8. The molecule has 2 unspecified atom stereocenters. The van der Waals surface area contributed by atoms with Crippen LogP contribution in [0.5, 0.6) is 0 Å². The molecule has 2 atom stereocenters. The topological polar surface area (TPSA) is 24.5 Å². The van der Waals surface area contributed by atoms with E-state index in [0.29, 0.717) is 18.2 Å². The van der Waals surface area contributed by atoms with Gasteiger partial charge < -0.3 is 10.1 Å². The summed E-state index contributed by atoms with van der Waals surface area (Å²) in [6.45, 7) is 10.8. The standard InChI is InChI=1S/C16H28N2OS/c1-4-7-17-15(11-14-6-5-10-20-14)16-12-18(13(2)3)8-9-19-16/h5-6,10,13,15-17H,4,7-9,11-12H2,1-3H3. The molecule has 4 heteroatoms. The van der Waals surface area contributed by atoms with E-state index in [-0.39, 0.29) is 0 Å². The van der Waals surface area contributed by atoms with Gasteiger partial charge in [-0.1, -0.05) is 13.0 Å². The Labute approximate surface area is 127 Å². The Bertz CT molecular complexity index is 367. The maximum Gasteiger partial charge on any atom is 0.0858 e. The van der Waals surface area contributed by atoms with Crippen molar-refractivity contribution in [2.24, 2.45) is 0 Å². The minimum absolute atomic E-state index is 0.305. The van der Waals surface area contributed by atoms with Gasteiger partial charge in [0, 0.05) is 30.1 Å². The molecule has 20 heavy (non-hydrogen) atoms. The predicted octanol–water partition coefficient (Wildman–Crippen LogP) is 2.77. The Hall–Kier alpha value is -0.420. The Morgan fingerprint density at radius 2 is 2.35 bits per heavy atom. The minimum atomic E-state index is 0.305. The van der Waals surface area contributed by atoms with Gasteiger partial charge in [0.05, 0.1) is 12.7 Å². The van der Waals surface area contributed by atoms with Crippen LogP contribution in [0, 0.1) is 0 Å². The third-order valence-electron chi connectivity index (χ3n) is 3.96. The van der Waals surface area contributed by atoms with Crippen molar-refractivity contribution in [3.05, 3.63) is 22.4 Å². The van der Waals surface area contributed by atoms with Gasteiger partial charge in [-0.15, -0.1) is 11.3 Å². The number of ether oxygens (including phenoxy) is 1. The quantitative estimate of drug-likeness (QED) is 0.837. The van der Waals surface area contributed by atoms with Crippen LogP contribution in [0.4, 0.5) is 0 Å². The second kappa shape index (κ2) is 8.13. The van der Waals surface area contributed by atoms with Crippen molar-refractivity contribution in [3.63, 3.8) is 0 Å². The number of nitrogens with zero attached hydrogens (tertiary/aromatic N) is 1. The molecule has 0 aliphatic carbocycles. The van der Waals surface area contributed by atoms with Crippen LogP contribution < -0.4 is 5.32 Å². The highest BCUT2D eigenvalue weighted by Gasteiger charge is 2.29. The number of morpholine rings is 1. The lowest BCUT2D eigenvalue weighted by molar-refractivity contribution is -0.0550. The van der Waals surface area contributed by atoms with Gasteiger partial charge in [-0.05, 0) is 44.7 Å². The van der Waals surface area contributed by atoms with Gasteiger partial charge in [-0.3, -0.25) is 4.90 Å². The molecule has 1 aliphatic heterocycles. The van der Waals surface area contributed by atoms with Crippen LogP contribution in [0.3, 0.4) is 0 Å². The molecular formula is C16H28N2OS. The van der Waals surface area contributed by atoms with Gasteiger partial charge in [0.2, 0.25) is 0 Å². The zero-order valence-electron chi connectivity index (χ0n) is 13.0. The Balaban J connectivity index is 1.97. The van der Waals surface area contributed by atoms with Crippen molar-refractivity contribution in [1.29, 1.82) is 0 Å². The molecule has 0 aromatic carbocycles. The van der Waals surface area contributed by atoms with Gasteiger partial charge in [0.25, 0.3) is 0 Å². The van der Waals surface area contributed by atoms with Crippen LogP contribution in [0.15, 0.2) is 17.5 Å². The molecule has 3 nitrogen and oxygen atoms in total. The van der Waals surface area contributed by atoms with Gasteiger partial charge in [0.15, 0.2) is 0 Å². The van der Waals surface area contributed by atoms with E-state index in [1.807, 2.05) is 11.3 Å². The maximum atomic E-state index is 6.07. The summed E-state index contributed by atoms with van der Waals surface area (Å²) in [5.74, 6) is 0. The fraction of sp³-hybridized carbons (Fsp3) is 0.750. The summed E-state index contributed by atoms with van der Waals surface area (Å²) in [5, 5.41) is 5.85. The van der Waals surface area contributed by atoms with E-state index in [1.54, 1.807) is 0 Å². The predicted molar refractivity (Wildman–Crippen MR) is 86.6 cm³/mol. The number of thiophene rings is 1. The summed E-state index contributed by atoms with van der Waals surface area (Å²) in [4.78, 5) is 3.98. The van der Waals surface area contributed by atoms with Crippen molar-refractivity contribution in [2.45, 2.75) is 51.8 Å². The number of nitrogens with one attached hydrogen (secondary N) is 1. The highest BCUT2D eigenvalue weighted by atomic mass is 32.1. The first-order valence-corrected chi connectivity index (χ1v) is 8.70. The van der Waals surface area contributed by atoms with E-state index in [2.05, 4.69) is 48.5 Å². The number of hydrogen-bond donors (Lipinski definition) is 1. The molecule has 1 aromatic rings. The van der Waals surface area contributed by atoms with Crippen LogP contribution in [0.1, 0.15) is 32.1 Å². The summed E-state index contributed by atoms with van der Waals surface area (Å²) < 4.78 is 6.07. The molecule has 1 fully saturated rings. The highest BCUT2D eigenvalue weighted by Crippen LogP contribution is 2.18. The van der Waals surface area contributed by atoms with Gasteiger partial charge in [-0.25, -0.2) is 0 Å². The van der Waals surface area contributed by atoms with E-state index in [4.69, 9.17) is 4.74 Å². The van der Waals surface area contributed by atoms with Crippen molar-refractivity contribution < 1.29 is 4.74 Å². The van der Waals surface area contributed by atoms with Gasteiger partial charge >= 0.3 is 0 Å². The van der Waals surface area contributed by atoms with E-state index in [0.717, 1.165) is 32.7 Å². The number of hydrogen-bond acceptors (Lipinski definition) is 4.